The van der Waals surface area contributed by atoms with E-state index in [0.29, 0.717) is 36.4 Å². The molecule has 14 heteroatoms. The van der Waals surface area contributed by atoms with Gasteiger partial charge >= 0.3 is 11.9 Å². The Morgan fingerprint density at radius 1 is 0.576 bits per heavy atom. The SMILES string of the molecule is C[n+]1c(N=Nc2c(N)c(O)cc3ccccc23)n(CCCn2cc[n+](CCCn3c(N=Nc4c(N)c(O)cc5ccccc45)[n+](C)c4ccccc43)c2)c2ccccc21. The Bertz CT molecular complexity index is 2900. The summed E-state index contributed by atoms with van der Waals surface area (Å²) in [6.07, 6.45) is 8.07. The number of anilines is 2. The summed E-state index contributed by atoms with van der Waals surface area (Å²) in [6.45, 7) is 3.03. The molecule has 0 saturated carbocycles. The highest BCUT2D eigenvalue weighted by molar-refractivity contribution is 6.01. The number of fused-ring (bicyclic) bond motifs is 4. The molecule has 6 aromatic carbocycles. The minimum Gasteiger partial charge on any atom is -0.506 e. The lowest BCUT2D eigenvalue weighted by atomic mass is 10.1. The van der Waals surface area contributed by atoms with Gasteiger partial charge in [-0.2, -0.15) is 0 Å². The Morgan fingerprint density at radius 2 is 1.05 bits per heavy atom. The molecule has 59 heavy (non-hydrogen) atoms. The van der Waals surface area contributed by atoms with E-state index >= 15 is 0 Å². The van der Waals surface area contributed by atoms with Crippen LogP contribution in [-0.2, 0) is 40.3 Å². The monoisotopic (exact) mass is 785 g/mol. The Balaban J connectivity index is 0.904. The molecule has 6 N–H and O–H groups in total. The number of nitrogens with two attached hydrogens (primary N) is 2. The van der Waals surface area contributed by atoms with Crippen LogP contribution in [0.15, 0.2) is 148 Å². The van der Waals surface area contributed by atoms with Gasteiger partial charge in [0.1, 0.15) is 68.7 Å². The van der Waals surface area contributed by atoms with Gasteiger partial charge in [-0.3, -0.25) is 0 Å². The van der Waals surface area contributed by atoms with Gasteiger partial charge < -0.3 is 21.7 Å². The van der Waals surface area contributed by atoms with Crippen LogP contribution >= 0.6 is 0 Å². The number of imidazole rings is 3. The van der Waals surface area contributed by atoms with Crippen LogP contribution in [0.4, 0.5) is 34.6 Å². The maximum absolute atomic E-state index is 10.5. The van der Waals surface area contributed by atoms with Crippen LogP contribution in [0.1, 0.15) is 12.8 Å². The number of phenolic OH excluding ortho intramolecular Hbond substituents is 2. The third-order valence-corrected chi connectivity index (χ3v) is 11.1. The second kappa shape index (κ2) is 15.4. The van der Waals surface area contributed by atoms with Gasteiger partial charge in [-0.05, 0) is 47.2 Å². The highest BCUT2D eigenvalue weighted by Gasteiger charge is 2.25. The summed E-state index contributed by atoms with van der Waals surface area (Å²) < 4.78 is 12.9. The number of aromatic hydroxyl groups is 2. The van der Waals surface area contributed by atoms with Crippen LogP contribution < -0.4 is 25.2 Å². The van der Waals surface area contributed by atoms with E-state index in [2.05, 4.69) is 71.5 Å². The number of azo groups is 2. The normalized spacial score (nSPS) is 12.1. The molecule has 14 nitrogen and oxygen atoms in total. The lowest BCUT2D eigenvalue weighted by Crippen LogP contribution is -2.32. The van der Waals surface area contributed by atoms with Crippen molar-refractivity contribution in [1.82, 2.24) is 13.7 Å². The zero-order chi connectivity index (χ0) is 40.6. The van der Waals surface area contributed by atoms with Crippen molar-refractivity contribution in [3.05, 3.63) is 128 Å². The molecule has 0 aliphatic rings. The van der Waals surface area contributed by atoms with E-state index in [0.717, 1.165) is 69.5 Å². The van der Waals surface area contributed by atoms with Crippen LogP contribution in [0, 0.1) is 0 Å². The van der Waals surface area contributed by atoms with Crippen LogP contribution in [0.25, 0.3) is 43.6 Å². The van der Waals surface area contributed by atoms with E-state index in [1.807, 2.05) is 96.0 Å². The average Bonchev–Trinajstić information content (AvgIpc) is 3.90. The number of benzene rings is 6. The standard InChI is InChI=1S/C45H42N12O2/c1-52-34-17-7-9-19-36(34)56(44(52)50-48-42-32-15-5-3-13-30(32)27-38(58)40(42)46)23-11-21-54-25-26-55(29-54)22-12-24-57-37-20-10-8-18-35(37)53(2)45(57)51-49-43-33-16-6-4-14-31(33)28-39(59)41(43)47/h3-10,13-20,25-29,46-47H,11-12,21-24H2,1-2H3,(H-,48,49,58,59)/p+3. The molecule has 0 fully saturated rings. The summed E-state index contributed by atoms with van der Waals surface area (Å²) in [7, 11) is 3.97. The molecule has 0 bridgehead atoms. The molecule has 3 aromatic heterocycles. The van der Waals surface area contributed by atoms with E-state index < -0.39 is 0 Å². The highest BCUT2D eigenvalue weighted by atomic mass is 16.3. The van der Waals surface area contributed by atoms with Crippen LogP contribution in [0.3, 0.4) is 0 Å². The lowest BCUT2D eigenvalue weighted by Gasteiger charge is -2.06. The topological polar surface area (TPSA) is 168 Å². The second-order valence-electron chi connectivity index (χ2n) is 14.8. The number of para-hydroxylation sites is 4. The Hall–Kier alpha value is -7.61. The average molecular weight is 786 g/mol. The van der Waals surface area contributed by atoms with E-state index in [1.165, 1.54) is 0 Å². The Kier molecular flexibility index (Phi) is 9.65. The van der Waals surface area contributed by atoms with Gasteiger partial charge in [-0.25, -0.2) is 27.4 Å². The molecular formula is C45H45N12O2+3. The summed E-state index contributed by atoms with van der Waals surface area (Å²) in [5, 5.41) is 43.1. The molecule has 3 heterocycles. The number of aromatic nitrogens is 6. The molecule has 0 aliphatic heterocycles. The number of nitrogen functional groups attached to an aromatic ring is 2. The van der Waals surface area contributed by atoms with Crippen molar-refractivity contribution < 1.29 is 23.9 Å². The summed E-state index contributed by atoms with van der Waals surface area (Å²) in [4.78, 5) is 0. The molecule has 0 aliphatic carbocycles. The number of aryl methyl sites for hydroxylation is 6. The van der Waals surface area contributed by atoms with Crippen molar-refractivity contribution >= 4 is 78.3 Å². The molecule has 0 atom stereocenters. The zero-order valence-corrected chi connectivity index (χ0v) is 32.9. The second-order valence-corrected chi connectivity index (χ2v) is 14.8. The van der Waals surface area contributed by atoms with Crippen molar-refractivity contribution in [2.24, 2.45) is 34.6 Å². The summed E-state index contributed by atoms with van der Waals surface area (Å²) >= 11 is 0. The largest absolute Gasteiger partial charge is 0.506 e. The van der Waals surface area contributed by atoms with E-state index in [4.69, 9.17) is 21.7 Å². The number of phenols is 2. The van der Waals surface area contributed by atoms with Gasteiger partial charge in [0.05, 0.1) is 40.3 Å². The fourth-order valence-corrected chi connectivity index (χ4v) is 8.02. The van der Waals surface area contributed by atoms with Crippen molar-refractivity contribution in [1.29, 1.82) is 0 Å². The Morgan fingerprint density at radius 3 is 1.59 bits per heavy atom. The summed E-state index contributed by atoms with van der Waals surface area (Å²) in [5.74, 6) is 1.33. The fraction of sp³-hybridized carbons (Fsp3) is 0.178. The molecule has 0 radical (unpaired) electrons. The first-order valence-electron chi connectivity index (χ1n) is 19.6. The van der Waals surface area contributed by atoms with Gasteiger partial charge in [0.15, 0.2) is 0 Å². The van der Waals surface area contributed by atoms with Gasteiger partial charge in [-0.1, -0.05) is 83.0 Å². The lowest BCUT2D eigenvalue weighted by molar-refractivity contribution is -0.697. The summed E-state index contributed by atoms with van der Waals surface area (Å²) in [6, 6.07) is 35.1. The fourth-order valence-electron chi connectivity index (χ4n) is 8.02. The van der Waals surface area contributed by atoms with Gasteiger partial charge in [0.25, 0.3) is 0 Å². The van der Waals surface area contributed by atoms with Gasteiger partial charge in [0.2, 0.25) is 6.33 Å². The molecule has 9 aromatic rings. The minimum absolute atomic E-state index is 0.0173. The molecule has 0 amide bonds. The number of hydrogen-bond donors (Lipinski definition) is 4. The van der Waals surface area contributed by atoms with Crippen LogP contribution in [0.2, 0.25) is 0 Å². The molecule has 9 rings (SSSR count). The molecular weight excluding hydrogens is 741 g/mol. The van der Waals surface area contributed by atoms with Crippen LogP contribution in [-0.4, -0.2) is 23.9 Å². The summed E-state index contributed by atoms with van der Waals surface area (Å²) in [5.41, 5.74) is 18.1. The third-order valence-electron chi connectivity index (χ3n) is 11.1. The van der Waals surface area contributed by atoms with E-state index in [1.54, 1.807) is 12.1 Å². The minimum atomic E-state index is -0.0173. The van der Waals surface area contributed by atoms with Gasteiger partial charge in [-0.15, -0.1) is 0 Å². The number of rotatable bonds is 12. The zero-order valence-electron chi connectivity index (χ0n) is 32.9. The van der Waals surface area contributed by atoms with E-state index in [9.17, 15) is 10.2 Å². The van der Waals surface area contributed by atoms with E-state index in [-0.39, 0.29) is 22.9 Å². The van der Waals surface area contributed by atoms with Crippen molar-refractivity contribution in [3.8, 4) is 11.5 Å². The number of hydrogen-bond acceptors (Lipinski definition) is 8. The molecule has 294 valence electrons. The predicted molar refractivity (Wildman–Crippen MR) is 228 cm³/mol. The quantitative estimate of drug-likeness (QED) is 0.0424. The Labute approximate surface area is 339 Å². The molecule has 0 spiro atoms. The first-order chi connectivity index (χ1) is 28.8. The third kappa shape index (κ3) is 6.83. The maximum atomic E-state index is 10.5. The predicted octanol–water partition coefficient (Wildman–Crippen LogP) is 8.23. The van der Waals surface area contributed by atoms with Crippen LogP contribution in [0.5, 0.6) is 11.5 Å². The van der Waals surface area contributed by atoms with Crippen molar-refractivity contribution in [3.63, 3.8) is 0 Å². The van der Waals surface area contributed by atoms with Crippen molar-refractivity contribution in [2.75, 3.05) is 11.5 Å². The first-order valence-corrected chi connectivity index (χ1v) is 19.6. The maximum Gasteiger partial charge on any atom is 0.422 e. The van der Waals surface area contributed by atoms with Gasteiger partial charge in [0, 0.05) is 33.8 Å². The number of nitrogens with zero attached hydrogens (tertiary/aromatic N) is 10. The smallest absolute Gasteiger partial charge is 0.422 e. The highest BCUT2D eigenvalue weighted by Crippen LogP contribution is 2.41. The first kappa shape index (κ1) is 37.0. The molecule has 0 saturated heterocycles. The van der Waals surface area contributed by atoms with Crippen molar-refractivity contribution in [2.45, 2.75) is 39.0 Å². The molecule has 0 unspecified atom stereocenters.